The van der Waals surface area contributed by atoms with Crippen molar-refractivity contribution in [3.05, 3.63) is 46.3 Å². The zero-order valence-electron chi connectivity index (χ0n) is 16.7. The summed E-state index contributed by atoms with van der Waals surface area (Å²) in [5.74, 6) is 0.149. The number of alkyl halides is 3. The summed E-state index contributed by atoms with van der Waals surface area (Å²) in [4.78, 5) is 37.6. The highest BCUT2D eigenvalue weighted by molar-refractivity contribution is 5.71. The minimum atomic E-state index is -4.87. The highest BCUT2D eigenvalue weighted by Gasteiger charge is 2.36. The van der Waals surface area contributed by atoms with Gasteiger partial charge in [-0.05, 0) is 5.92 Å². The van der Waals surface area contributed by atoms with Crippen molar-refractivity contribution in [1.82, 2.24) is 19.9 Å². The van der Waals surface area contributed by atoms with Gasteiger partial charge in [0.1, 0.15) is 23.2 Å². The van der Waals surface area contributed by atoms with E-state index in [9.17, 15) is 22.8 Å². The minimum absolute atomic E-state index is 0.00278. The van der Waals surface area contributed by atoms with Crippen LogP contribution in [0.4, 0.5) is 23.8 Å². The topological polar surface area (TPSA) is 115 Å². The Morgan fingerprint density at radius 2 is 2.06 bits per heavy atom. The lowest BCUT2D eigenvalue weighted by atomic mass is 10.00. The van der Waals surface area contributed by atoms with E-state index < -0.39 is 29.1 Å². The number of aromatic amines is 1. The van der Waals surface area contributed by atoms with Gasteiger partial charge in [0.25, 0.3) is 5.56 Å². The summed E-state index contributed by atoms with van der Waals surface area (Å²) < 4.78 is 43.9. The molecule has 1 saturated heterocycles. The Balaban J connectivity index is 1.75. The maximum Gasteiger partial charge on any atom is 0.421 e. The number of H-pyrrole nitrogens is 1. The molecule has 0 aliphatic carbocycles. The van der Waals surface area contributed by atoms with Crippen molar-refractivity contribution in [2.75, 3.05) is 24.5 Å². The van der Waals surface area contributed by atoms with Crippen LogP contribution in [-0.2, 0) is 6.18 Å². The van der Waals surface area contributed by atoms with Crippen LogP contribution >= 0.6 is 0 Å². The second-order valence-electron chi connectivity index (χ2n) is 7.27. The first kappa shape index (κ1) is 22.1. The van der Waals surface area contributed by atoms with Gasteiger partial charge in [0.2, 0.25) is 0 Å². The standard InChI is InChI=1S/C19H19F3N6O3/c1-11(2)15-10-27(16-9-24-12(6-23)7-25-16)3-4-28(15)18(30)31-13-5-14(19(20,21)22)17(29)26-8-13/h5,7-9,11,15H,3-4,10H2,1-2H3,(H,26,29). The number of ether oxygens (including phenoxy) is 1. The summed E-state index contributed by atoms with van der Waals surface area (Å²) in [5, 5.41) is 8.84. The van der Waals surface area contributed by atoms with Crippen LogP contribution in [0, 0.1) is 17.2 Å². The zero-order valence-corrected chi connectivity index (χ0v) is 16.7. The Morgan fingerprint density at radius 1 is 1.32 bits per heavy atom. The first-order valence-electron chi connectivity index (χ1n) is 9.35. The second kappa shape index (κ2) is 8.63. The van der Waals surface area contributed by atoms with Crippen LogP contribution in [0.15, 0.2) is 29.5 Å². The molecule has 0 saturated carbocycles. The van der Waals surface area contributed by atoms with Gasteiger partial charge in [0.05, 0.1) is 18.4 Å². The van der Waals surface area contributed by atoms with Crippen LogP contribution in [0.1, 0.15) is 25.1 Å². The van der Waals surface area contributed by atoms with E-state index in [1.807, 2.05) is 29.8 Å². The van der Waals surface area contributed by atoms with Crippen molar-refractivity contribution in [3.63, 3.8) is 0 Å². The van der Waals surface area contributed by atoms with Crippen molar-refractivity contribution in [3.8, 4) is 11.8 Å². The lowest BCUT2D eigenvalue weighted by molar-refractivity contribution is -0.138. The van der Waals surface area contributed by atoms with Gasteiger partial charge in [-0.3, -0.25) is 4.79 Å². The molecule has 1 unspecified atom stereocenters. The summed E-state index contributed by atoms with van der Waals surface area (Å²) in [6.45, 7) is 4.82. The van der Waals surface area contributed by atoms with Gasteiger partial charge in [-0.15, -0.1) is 0 Å². The smallest absolute Gasteiger partial charge is 0.409 e. The molecule has 12 heteroatoms. The quantitative estimate of drug-likeness (QED) is 0.786. The summed E-state index contributed by atoms with van der Waals surface area (Å²) >= 11 is 0. The third kappa shape index (κ3) is 4.93. The average Bonchev–Trinajstić information content (AvgIpc) is 2.73. The molecule has 3 heterocycles. The maximum atomic E-state index is 12.9. The maximum absolute atomic E-state index is 12.9. The number of aromatic nitrogens is 3. The van der Waals surface area contributed by atoms with Gasteiger partial charge in [-0.2, -0.15) is 18.4 Å². The lowest BCUT2D eigenvalue weighted by Crippen LogP contribution is -2.58. The Labute approximate surface area is 175 Å². The molecule has 3 rings (SSSR count). The minimum Gasteiger partial charge on any atom is -0.409 e. The molecule has 0 radical (unpaired) electrons. The molecule has 164 valence electrons. The van der Waals surface area contributed by atoms with Gasteiger partial charge in [-0.25, -0.2) is 14.8 Å². The molecule has 1 aliphatic heterocycles. The SMILES string of the molecule is CC(C)C1CN(c2cnc(C#N)cn2)CCN1C(=O)Oc1c[nH]c(=O)c(C(F)(F)F)c1. The van der Waals surface area contributed by atoms with Crippen LogP contribution in [0.25, 0.3) is 0 Å². The fraction of sp³-hybridized carbons (Fsp3) is 0.421. The van der Waals surface area contributed by atoms with E-state index in [1.54, 1.807) is 0 Å². The number of pyridine rings is 1. The molecule has 1 N–H and O–H groups in total. The van der Waals surface area contributed by atoms with E-state index in [-0.39, 0.29) is 24.2 Å². The number of hydrogen-bond acceptors (Lipinski definition) is 7. The molecule has 0 bridgehead atoms. The van der Waals surface area contributed by atoms with Crippen molar-refractivity contribution in [2.45, 2.75) is 26.1 Å². The van der Waals surface area contributed by atoms with Crippen LogP contribution in [0.3, 0.4) is 0 Å². The number of rotatable bonds is 3. The van der Waals surface area contributed by atoms with Crippen LogP contribution in [0.5, 0.6) is 5.75 Å². The van der Waals surface area contributed by atoms with Gasteiger partial charge in [0.15, 0.2) is 5.69 Å². The van der Waals surface area contributed by atoms with Crippen molar-refractivity contribution < 1.29 is 22.7 Å². The Kier molecular flexibility index (Phi) is 6.14. The molecule has 31 heavy (non-hydrogen) atoms. The molecule has 2 aromatic heterocycles. The lowest BCUT2D eigenvalue weighted by Gasteiger charge is -2.42. The first-order valence-corrected chi connectivity index (χ1v) is 9.35. The molecular weight excluding hydrogens is 417 g/mol. The van der Waals surface area contributed by atoms with Crippen LogP contribution in [0.2, 0.25) is 0 Å². The number of nitrogens with one attached hydrogen (secondary N) is 1. The number of carbonyl (C=O) groups excluding carboxylic acids is 1. The molecule has 1 fully saturated rings. The predicted molar refractivity (Wildman–Crippen MR) is 102 cm³/mol. The van der Waals surface area contributed by atoms with Crippen LogP contribution in [-0.4, -0.2) is 51.6 Å². The highest BCUT2D eigenvalue weighted by atomic mass is 19.4. The van der Waals surface area contributed by atoms with Crippen molar-refractivity contribution in [2.24, 2.45) is 5.92 Å². The summed E-state index contributed by atoms with van der Waals surface area (Å²) in [6, 6.07) is 2.08. The molecule has 1 amide bonds. The zero-order chi connectivity index (χ0) is 22.8. The Morgan fingerprint density at radius 3 is 2.65 bits per heavy atom. The number of anilines is 1. The van der Waals surface area contributed by atoms with E-state index >= 15 is 0 Å². The molecule has 1 atom stereocenters. The molecule has 9 nitrogen and oxygen atoms in total. The van der Waals surface area contributed by atoms with Gasteiger partial charge in [0, 0.05) is 31.9 Å². The number of amides is 1. The van der Waals surface area contributed by atoms with Gasteiger partial charge in [-0.1, -0.05) is 13.8 Å². The largest absolute Gasteiger partial charge is 0.421 e. The number of carbonyl (C=O) groups is 1. The highest BCUT2D eigenvalue weighted by Crippen LogP contribution is 2.29. The number of nitrogens with zero attached hydrogens (tertiary/aromatic N) is 5. The van der Waals surface area contributed by atoms with E-state index in [0.717, 1.165) is 6.20 Å². The summed E-state index contributed by atoms with van der Waals surface area (Å²) in [6.07, 6.45) is -1.94. The Hall–Kier alpha value is -3.62. The fourth-order valence-corrected chi connectivity index (χ4v) is 3.25. The number of hydrogen-bond donors (Lipinski definition) is 1. The number of halogens is 3. The van der Waals surface area contributed by atoms with E-state index in [1.165, 1.54) is 17.3 Å². The number of piperazine rings is 1. The normalized spacial score (nSPS) is 16.9. The van der Waals surface area contributed by atoms with Gasteiger partial charge >= 0.3 is 12.3 Å². The van der Waals surface area contributed by atoms with Gasteiger partial charge < -0.3 is 19.5 Å². The van der Waals surface area contributed by atoms with E-state index in [2.05, 4.69) is 9.97 Å². The fourth-order valence-electron chi connectivity index (χ4n) is 3.25. The molecule has 2 aromatic rings. The van der Waals surface area contributed by atoms with E-state index in [4.69, 9.17) is 10.00 Å². The first-order chi connectivity index (χ1) is 14.6. The third-order valence-corrected chi connectivity index (χ3v) is 4.89. The third-order valence-electron chi connectivity index (χ3n) is 4.89. The monoisotopic (exact) mass is 436 g/mol. The van der Waals surface area contributed by atoms with Crippen molar-refractivity contribution >= 4 is 11.9 Å². The summed E-state index contributed by atoms with van der Waals surface area (Å²) in [7, 11) is 0. The molecular formula is C19H19F3N6O3. The molecule has 0 aromatic carbocycles. The molecule has 0 spiro atoms. The predicted octanol–water partition coefficient (Wildman–Crippen LogP) is 2.40. The van der Waals surface area contributed by atoms with E-state index in [0.29, 0.717) is 25.0 Å². The summed E-state index contributed by atoms with van der Waals surface area (Å²) in [5.41, 5.74) is -2.57. The average molecular weight is 436 g/mol. The van der Waals surface area contributed by atoms with Crippen LogP contribution < -0.4 is 15.2 Å². The molecule has 1 aliphatic rings. The van der Waals surface area contributed by atoms with Crippen molar-refractivity contribution in [1.29, 1.82) is 5.26 Å². The Bertz CT molecular complexity index is 1050. The number of nitriles is 1. The second-order valence-corrected chi connectivity index (χ2v) is 7.27.